The molecule has 1 aromatic heterocycles. The number of nitro benzene ring substituents is 1. The number of hydrazone groups is 1. The molecule has 0 fully saturated rings. The van der Waals surface area contributed by atoms with Crippen LogP contribution in [-0.2, 0) is 0 Å². The Morgan fingerprint density at radius 1 is 1.17 bits per heavy atom. The van der Waals surface area contributed by atoms with Gasteiger partial charge in [0.25, 0.3) is 0 Å². The van der Waals surface area contributed by atoms with Crippen molar-refractivity contribution in [3.8, 4) is 5.75 Å². The summed E-state index contributed by atoms with van der Waals surface area (Å²) in [4.78, 5) is 22.6. The zero-order valence-corrected chi connectivity index (χ0v) is 16.2. The number of rotatable bonds is 4. The minimum absolute atomic E-state index is 0.0892. The van der Waals surface area contributed by atoms with E-state index in [9.17, 15) is 20.0 Å². The van der Waals surface area contributed by atoms with E-state index in [-0.39, 0.29) is 10.2 Å². The monoisotopic (exact) mass is 453 g/mol. The standard InChI is InChI=1S/C20H12BrN3O5/c21-15-7-11(8-16(19(15)25)24(27)28)10-22-23-20(26)18-9-14-13-4-2-1-3-12(13)5-6-17(14)29-18/h1-10,25H,(H,23,26)/b22-10-. The van der Waals surface area contributed by atoms with Crippen LogP contribution in [0.15, 0.2) is 68.6 Å². The lowest BCUT2D eigenvalue weighted by atomic mass is 10.1. The fourth-order valence-corrected chi connectivity index (χ4v) is 3.41. The topological polar surface area (TPSA) is 118 Å². The molecule has 9 heteroatoms. The van der Waals surface area contributed by atoms with Crippen LogP contribution in [0.1, 0.15) is 16.1 Å². The average molecular weight is 454 g/mol. The second-order valence-corrected chi connectivity index (χ2v) is 6.99. The summed E-state index contributed by atoms with van der Waals surface area (Å²) in [7, 11) is 0. The fraction of sp³-hybridized carbons (Fsp3) is 0. The summed E-state index contributed by atoms with van der Waals surface area (Å²) < 4.78 is 5.75. The van der Waals surface area contributed by atoms with E-state index in [2.05, 4.69) is 26.5 Å². The van der Waals surface area contributed by atoms with Crippen molar-refractivity contribution in [1.82, 2.24) is 5.43 Å². The van der Waals surface area contributed by atoms with Gasteiger partial charge in [-0.25, -0.2) is 5.43 Å². The van der Waals surface area contributed by atoms with Gasteiger partial charge in [0, 0.05) is 17.0 Å². The van der Waals surface area contributed by atoms with Gasteiger partial charge in [0.1, 0.15) is 5.58 Å². The quantitative estimate of drug-likeness (QED) is 0.263. The van der Waals surface area contributed by atoms with Crippen LogP contribution in [-0.4, -0.2) is 22.2 Å². The molecule has 0 aliphatic heterocycles. The van der Waals surface area contributed by atoms with E-state index in [4.69, 9.17) is 4.42 Å². The predicted molar refractivity (Wildman–Crippen MR) is 111 cm³/mol. The summed E-state index contributed by atoms with van der Waals surface area (Å²) in [6, 6.07) is 15.7. The van der Waals surface area contributed by atoms with E-state index in [0.717, 1.165) is 22.2 Å². The van der Waals surface area contributed by atoms with Gasteiger partial charge in [0.15, 0.2) is 5.76 Å². The maximum Gasteiger partial charge on any atom is 0.312 e. The highest BCUT2D eigenvalue weighted by atomic mass is 79.9. The molecule has 8 nitrogen and oxygen atoms in total. The number of carbonyl (C=O) groups excluding carboxylic acids is 1. The van der Waals surface area contributed by atoms with Gasteiger partial charge in [0.05, 0.1) is 15.6 Å². The van der Waals surface area contributed by atoms with E-state index in [1.54, 1.807) is 12.1 Å². The number of fused-ring (bicyclic) bond motifs is 3. The van der Waals surface area contributed by atoms with Crippen molar-refractivity contribution in [1.29, 1.82) is 0 Å². The number of amides is 1. The number of aromatic hydroxyl groups is 1. The first-order chi connectivity index (χ1) is 13.9. The first-order valence-corrected chi connectivity index (χ1v) is 9.15. The molecule has 0 aliphatic carbocycles. The van der Waals surface area contributed by atoms with E-state index in [1.165, 1.54) is 12.3 Å². The van der Waals surface area contributed by atoms with Gasteiger partial charge in [-0.15, -0.1) is 0 Å². The van der Waals surface area contributed by atoms with Gasteiger partial charge < -0.3 is 9.52 Å². The van der Waals surface area contributed by atoms with Gasteiger partial charge in [-0.05, 0) is 44.9 Å². The predicted octanol–water partition coefficient (Wildman–Crippen LogP) is 4.73. The minimum atomic E-state index is -0.714. The molecule has 0 saturated carbocycles. The number of nitro groups is 1. The summed E-state index contributed by atoms with van der Waals surface area (Å²) in [6.45, 7) is 0. The van der Waals surface area contributed by atoms with Gasteiger partial charge >= 0.3 is 11.6 Å². The largest absolute Gasteiger partial charge is 0.501 e. The summed E-state index contributed by atoms with van der Waals surface area (Å²) >= 11 is 3.04. The molecule has 0 atom stereocenters. The molecular formula is C20H12BrN3O5. The van der Waals surface area contributed by atoms with Gasteiger partial charge in [0.2, 0.25) is 5.75 Å². The number of halogens is 1. The Hall–Kier alpha value is -3.72. The Labute approximate surface area is 171 Å². The molecule has 29 heavy (non-hydrogen) atoms. The van der Waals surface area contributed by atoms with E-state index < -0.39 is 22.3 Å². The lowest BCUT2D eigenvalue weighted by molar-refractivity contribution is -0.386. The number of nitrogens with one attached hydrogen (secondary N) is 1. The number of phenols is 1. The molecule has 0 radical (unpaired) electrons. The highest BCUT2D eigenvalue weighted by molar-refractivity contribution is 9.10. The van der Waals surface area contributed by atoms with Crippen molar-refractivity contribution in [3.63, 3.8) is 0 Å². The summed E-state index contributed by atoms with van der Waals surface area (Å²) in [6.07, 6.45) is 1.23. The van der Waals surface area contributed by atoms with Crippen molar-refractivity contribution in [3.05, 3.63) is 80.5 Å². The lowest BCUT2D eigenvalue weighted by Crippen LogP contribution is -2.16. The Balaban J connectivity index is 1.57. The zero-order valence-electron chi connectivity index (χ0n) is 14.6. The first kappa shape index (κ1) is 18.6. The smallest absolute Gasteiger partial charge is 0.312 e. The van der Waals surface area contributed by atoms with E-state index in [1.807, 2.05) is 30.3 Å². The highest BCUT2D eigenvalue weighted by Crippen LogP contribution is 2.34. The zero-order chi connectivity index (χ0) is 20.5. The van der Waals surface area contributed by atoms with Crippen molar-refractivity contribution in [2.75, 3.05) is 0 Å². The third-order valence-corrected chi connectivity index (χ3v) is 4.90. The number of carbonyl (C=O) groups is 1. The molecule has 0 spiro atoms. The Morgan fingerprint density at radius 2 is 1.97 bits per heavy atom. The molecule has 4 aromatic rings. The molecule has 1 amide bonds. The molecule has 2 N–H and O–H groups in total. The van der Waals surface area contributed by atoms with E-state index in [0.29, 0.717) is 11.1 Å². The molecule has 1 heterocycles. The third kappa shape index (κ3) is 3.55. The van der Waals surface area contributed by atoms with Crippen LogP contribution in [0, 0.1) is 10.1 Å². The summed E-state index contributed by atoms with van der Waals surface area (Å²) in [5, 5.41) is 27.3. The van der Waals surface area contributed by atoms with Crippen LogP contribution in [0.25, 0.3) is 21.7 Å². The third-order valence-electron chi connectivity index (χ3n) is 4.29. The van der Waals surface area contributed by atoms with Crippen LogP contribution in [0.4, 0.5) is 5.69 Å². The second-order valence-electron chi connectivity index (χ2n) is 6.14. The molecule has 4 rings (SSSR count). The van der Waals surface area contributed by atoms with Crippen LogP contribution >= 0.6 is 15.9 Å². The first-order valence-electron chi connectivity index (χ1n) is 8.35. The highest BCUT2D eigenvalue weighted by Gasteiger charge is 2.17. The van der Waals surface area contributed by atoms with Crippen LogP contribution in [0.3, 0.4) is 0 Å². The summed E-state index contributed by atoms with van der Waals surface area (Å²) in [5.74, 6) is -0.953. The van der Waals surface area contributed by atoms with Gasteiger partial charge in [-0.3, -0.25) is 14.9 Å². The molecule has 144 valence electrons. The number of hydrogen-bond acceptors (Lipinski definition) is 6. The second kappa shape index (κ2) is 7.36. The normalized spacial score (nSPS) is 11.3. The Kier molecular flexibility index (Phi) is 4.73. The van der Waals surface area contributed by atoms with Crippen molar-refractivity contribution < 1.29 is 19.2 Å². The van der Waals surface area contributed by atoms with Crippen LogP contribution in [0.2, 0.25) is 0 Å². The Bertz CT molecular complexity index is 1310. The number of phenolic OH excluding ortho intramolecular Hbond substituents is 1. The summed E-state index contributed by atoms with van der Waals surface area (Å²) in [5.41, 5.74) is 2.75. The maximum absolute atomic E-state index is 12.4. The van der Waals surface area contributed by atoms with Crippen molar-refractivity contribution >= 4 is 55.5 Å². The number of nitrogens with zero attached hydrogens (tertiary/aromatic N) is 2. The molecule has 0 saturated heterocycles. The van der Waals surface area contributed by atoms with Crippen LogP contribution in [0.5, 0.6) is 5.75 Å². The molecule has 0 bridgehead atoms. The molecule has 0 unspecified atom stereocenters. The number of furan rings is 1. The maximum atomic E-state index is 12.4. The minimum Gasteiger partial charge on any atom is -0.501 e. The fourth-order valence-electron chi connectivity index (χ4n) is 2.94. The number of hydrogen-bond donors (Lipinski definition) is 2. The van der Waals surface area contributed by atoms with Crippen molar-refractivity contribution in [2.45, 2.75) is 0 Å². The molecular weight excluding hydrogens is 442 g/mol. The van der Waals surface area contributed by atoms with Gasteiger partial charge in [-0.1, -0.05) is 30.3 Å². The lowest BCUT2D eigenvalue weighted by Gasteiger charge is -2.01. The number of benzene rings is 3. The molecule has 3 aromatic carbocycles. The van der Waals surface area contributed by atoms with E-state index >= 15 is 0 Å². The van der Waals surface area contributed by atoms with Crippen LogP contribution < -0.4 is 5.43 Å². The Morgan fingerprint density at radius 3 is 2.76 bits per heavy atom. The molecule has 0 aliphatic rings. The SMILES string of the molecule is O=C(N/N=C\c1cc(Br)c(O)c([N+](=O)[O-])c1)c1cc2c(ccc3ccccc32)o1. The van der Waals surface area contributed by atoms with Crippen molar-refractivity contribution in [2.24, 2.45) is 5.10 Å². The average Bonchev–Trinajstić information content (AvgIpc) is 3.15. The van der Waals surface area contributed by atoms with Gasteiger partial charge in [-0.2, -0.15) is 5.10 Å².